The number of aliphatic hydroxyl groups is 1. The molecule has 11 heteroatoms. The molecule has 6 N–H and O–H groups in total. The van der Waals surface area contributed by atoms with Crippen molar-refractivity contribution in [2.75, 3.05) is 30.2 Å². The van der Waals surface area contributed by atoms with Crippen LogP contribution in [0.3, 0.4) is 0 Å². The van der Waals surface area contributed by atoms with Crippen LogP contribution in [0.1, 0.15) is 17.4 Å². The number of aliphatic hydroxyl groups excluding tert-OH is 1. The molecular weight excluding hydrogens is 490 g/mol. The molecule has 0 aliphatic carbocycles. The minimum Gasteiger partial charge on any atom is -0.492 e. The number of benzene rings is 3. The number of ether oxygens (including phenoxy) is 1. The van der Waals surface area contributed by atoms with Crippen LogP contribution in [0.25, 0.3) is 10.9 Å². The molecule has 0 aliphatic rings. The van der Waals surface area contributed by atoms with Crippen molar-refractivity contribution >= 4 is 43.9 Å². The second kappa shape index (κ2) is 10.5. The Labute approximate surface area is 208 Å². The van der Waals surface area contributed by atoms with E-state index in [9.17, 15) is 13.5 Å². The molecule has 0 bridgehead atoms. The van der Waals surface area contributed by atoms with Gasteiger partial charge in [-0.15, -0.1) is 0 Å². The quantitative estimate of drug-likeness (QED) is 0.160. The van der Waals surface area contributed by atoms with Crippen LogP contribution < -0.4 is 20.5 Å². The third-order valence-electron chi connectivity index (χ3n) is 5.39. The van der Waals surface area contributed by atoms with Gasteiger partial charge < -0.3 is 20.9 Å². The molecule has 0 saturated heterocycles. The maximum Gasteiger partial charge on any atom is 0.262 e. The van der Waals surface area contributed by atoms with Crippen molar-refractivity contribution in [2.24, 2.45) is 0 Å². The number of H-pyrrole nitrogens is 1. The Hall–Kier alpha value is -3.31. The second-order valence-corrected chi connectivity index (χ2v) is 10.1. The molecule has 0 spiro atoms. The minimum atomic E-state index is -3.90. The van der Waals surface area contributed by atoms with E-state index in [0.29, 0.717) is 30.2 Å². The van der Waals surface area contributed by atoms with Crippen molar-refractivity contribution in [3.05, 3.63) is 76.9 Å². The number of rotatable bonds is 10. The predicted octanol–water partition coefficient (Wildman–Crippen LogP) is 3.61. The number of fused-ring (bicyclic) bond motifs is 1. The third kappa shape index (κ3) is 6.04. The van der Waals surface area contributed by atoms with E-state index >= 15 is 0 Å². The molecule has 35 heavy (non-hydrogen) atoms. The summed E-state index contributed by atoms with van der Waals surface area (Å²) in [5.41, 5.74) is 8.54. The van der Waals surface area contributed by atoms with E-state index < -0.39 is 16.1 Å². The zero-order valence-corrected chi connectivity index (χ0v) is 20.5. The summed E-state index contributed by atoms with van der Waals surface area (Å²) < 4.78 is 33.6. The Kier molecular flexibility index (Phi) is 7.46. The number of nitrogens with two attached hydrogens (primary N) is 1. The zero-order valence-electron chi connectivity index (χ0n) is 19.0. The van der Waals surface area contributed by atoms with E-state index in [1.54, 1.807) is 18.2 Å². The molecular formula is C24H26ClN5O4S. The summed E-state index contributed by atoms with van der Waals surface area (Å²) in [6.45, 7) is 3.10. The van der Waals surface area contributed by atoms with Gasteiger partial charge in [0.1, 0.15) is 12.4 Å². The number of aryl methyl sites for hydroxylation is 1. The van der Waals surface area contributed by atoms with Gasteiger partial charge in [-0.2, -0.15) is 5.10 Å². The summed E-state index contributed by atoms with van der Waals surface area (Å²) in [6.07, 6.45) is -0.883. The highest BCUT2D eigenvalue weighted by atomic mass is 35.5. The van der Waals surface area contributed by atoms with Crippen LogP contribution in [0.2, 0.25) is 5.02 Å². The fourth-order valence-electron chi connectivity index (χ4n) is 3.53. The van der Waals surface area contributed by atoms with Crippen LogP contribution in [0, 0.1) is 6.92 Å². The van der Waals surface area contributed by atoms with Gasteiger partial charge >= 0.3 is 0 Å². The lowest BCUT2D eigenvalue weighted by Crippen LogP contribution is -2.26. The molecule has 0 saturated carbocycles. The largest absolute Gasteiger partial charge is 0.492 e. The Bertz CT molecular complexity index is 1440. The van der Waals surface area contributed by atoms with Gasteiger partial charge in [0, 0.05) is 35.9 Å². The first-order chi connectivity index (χ1) is 16.7. The fourth-order valence-corrected chi connectivity index (χ4v) is 4.87. The summed E-state index contributed by atoms with van der Waals surface area (Å²) in [4.78, 5) is 0.0164. The number of nitrogens with one attached hydrogen (secondary N) is 3. The lowest BCUT2D eigenvalue weighted by atomic mass is 10.1. The van der Waals surface area contributed by atoms with Crippen molar-refractivity contribution in [2.45, 2.75) is 17.9 Å². The topological polar surface area (TPSA) is 142 Å². The van der Waals surface area contributed by atoms with E-state index in [0.717, 1.165) is 16.6 Å². The normalized spacial score (nSPS) is 12.5. The van der Waals surface area contributed by atoms with Crippen molar-refractivity contribution in [1.82, 2.24) is 15.5 Å². The summed E-state index contributed by atoms with van der Waals surface area (Å²) in [5.74, 6) is 0.709. The number of sulfonamides is 1. The van der Waals surface area contributed by atoms with Gasteiger partial charge in [-0.05, 0) is 55.0 Å². The first-order valence-electron chi connectivity index (χ1n) is 10.9. The summed E-state index contributed by atoms with van der Waals surface area (Å²) in [7, 11) is -3.90. The lowest BCUT2D eigenvalue weighted by molar-refractivity contribution is 0.172. The highest BCUT2D eigenvalue weighted by molar-refractivity contribution is 7.92. The standard InChI is InChI=1S/C24H26ClN5O4S/c1-15-20-7-6-18(13-22(20)29-28-15)34-10-9-27-14-24(31)16-5-8-21(25)23(11-16)30-35(32,33)19-4-2-3-17(26)12-19/h2-8,11-13,24,27,30-31H,9-10,14,26H2,1H3,(H,28,29). The van der Waals surface area contributed by atoms with Crippen LogP contribution >= 0.6 is 11.6 Å². The highest BCUT2D eigenvalue weighted by Gasteiger charge is 2.18. The molecule has 0 amide bonds. The van der Waals surface area contributed by atoms with Crippen LogP contribution in [0.4, 0.5) is 11.4 Å². The highest BCUT2D eigenvalue weighted by Crippen LogP contribution is 2.28. The molecule has 9 nitrogen and oxygen atoms in total. The van der Waals surface area contributed by atoms with E-state index in [2.05, 4.69) is 20.2 Å². The van der Waals surface area contributed by atoms with Crippen LogP contribution in [0.15, 0.2) is 65.6 Å². The average Bonchev–Trinajstić information content (AvgIpc) is 3.20. The molecule has 0 aliphatic heterocycles. The van der Waals surface area contributed by atoms with Gasteiger partial charge in [0.25, 0.3) is 10.0 Å². The second-order valence-electron chi connectivity index (χ2n) is 8.01. The zero-order chi connectivity index (χ0) is 25.0. The van der Waals surface area contributed by atoms with Crippen molar-refractivity contribution in [1.29, 1.82) is 0 Å². The molecule has 4 rings (SSSR count). The van der Waals surface area contributed by atoms with Gasteiger partial charge in [-0.25, -0.2) is 8.42 Å². The Balaban J connectivity index is 1.31. The van der Waals surface area contributed by atoms with Gasteiger partial charge in [-0.3, -0.25) is 9.82 Å². The first-order valence-corrected chi connectivity index (χ1v) is 12.7. The van der Waals surface area contributed by atoms with E-state index in [1.807, 2.05) is 25.1 Å². The number of hydrogen-bond acceptors (Lipinski definition) is 7. The average molecular weight is 516 g/mol. The molecule has 1 atom stereocenters. The molecule has 4 aromatic rings. The molecule has 1 aromatic heterocycles. The van der Waals surface area contributed by atoms with Gasteiger partial charge in [0.15, 0.2) is 0 Å². The summed E-state index contributed by atoms with van der Waals surface area (Å²) in [5, 5.41) is 22.1. The Morgan fingerprint density at radius 1 is 1.17 bits per heavy atom. The Morgan fingerprint density at radius 2 is 2.00 bits per heavy atom. The minimum absolute atomic E-state index is 0.0164. The van der Waals surface area contributed by atoms with Crippen molar-refractivity contribution in [3.63, 3.8) is 0 Å². The van der Waals surface area contributed by atoms with E-state index in [4.69, 9.17) is 22.1 Å². The van der Waals surface area contributed by atoms with Gasteiger partial charge in [0.05, 0.1) is 27.2 Å². The van der Waals surface area contributed by atoms with Crippen LogP contribution in [-0.4, -0.2) is 43.4 Å². The number of nitrogen functional groups attached to an aromatic ring is 1. The lowest BCUT2D eigenvalue weighted by Gasteiger charge is -2.16. The first kappa shape index (κ1) is 24.8. The van der Waals surface area contributed by atoms with Crippen molar-refractivity contribution in [3.8, 4) is 5.75 Å². The van der Waals surface area contributed by atoms with E-state index in [-0.39, 0.29) is 22.2 Å². The SMILES string of the molecule is Cc1[nH]nc2cc(OCCNCC(O)c3ccc(Cl)c(NS(=O)(=O)c4cccc(N)c4)c3)ccc12. The monoisotopic (exact) mass is 515 g/mol. The molecule has 3 aromatic carbocycles. The number of halogens is 1. The molecule has 184 valence electrons. The van der Waals surface area contributed by atoms with Gasteiger partial charge in [-0.1, -0.05) is 23.7 Å². The fraction of sp³-hybridized carbons (Fsp3) is 0.208. The number of aromatic amines is 1. The maximum absolute atomic E-state index is 12.7. The number of hydrogen-bond donors (Lipinski definition) is 5. The number of nitrogens with zero attached hydrogens (tertiary/aromatic N) is 1. The number of aromatic nitrogens is 2. The van der Waals surface area contributed by atoms with Crippen LogP contribution in [-0.2, 0) is 10.0 Å². The van der Waals surface area contributed by atoms with Crippen molar-refractivity contribution < 1.29 is 18.3 Å². The molecule has 0 fully saturated rings. The number of anilines is 2. The molecule has 0 radical (unpaired) electrons. The smallest absolute Gasteiger partial charge is 0.262 e. The Morgan fingerprint density at radius 3 is 2.80 bits per heavy atom. The summed E-state index contributed by atoms with van der Waals surface area (Å²) in [6, 6.07) is 16.3. The van der Waals surface area contributed by atoms with Crippen LogP contribution in [0.5, 0.6) is 5.75 Å². The van der Waals surface area contributed by atoms with Gasteiger partial charge in [0.2, 0.25) is 0 Å². The van der Waals surface area contributed by atoms with E-state index in [1.165, 1.54) is 24.3 Å². The molecule has 1 unspecified atom stereocenters. The maximum atomic E-state index is 12.7. The predicted molar refractivity (Wildman–Crippen MR) is 137 cm³/mol. The summed E-state index contributed by atoms with van der Waals surface area (Å²) >= 11 is 6.20. The third-order valence-corrected chi connectivity index (χ3v) is 7.08. The molecule has 1 heterocycles.